The predicted molar refractivity (Wildman–Crippen MR) is 134 cm³/mol. The monoisotopic (exact) mass is 496 g/mol. The molecule has 0 aliphatic carbocycles. The highest BCUT2D eigenvalue weighted by atomic mass is 32.1. The van der Waals surface area contributed by atoms with Crippen LogP contribution in [0.5, 0.6) is 0 Å². The van der Waals surface area contributed by atoms with Crippen LogP contribution in [0, 0.1) is 0 Å². The summed E-state index contributed by atoms with van der Waals surface area (Å²) in [6.07, 6.45) is 0.585. The number of carbonyl (C=O) groups is 3. The number of carbonyl (C=O) groups excluding carboxylic acids is 3. The van der Waals surface area contributed by atoms with Gasteiger partial charge in [0.2, 0.25) is 5.91 Å². The van der Waals surface area contributed by atoms with Crippen molar-refractivity contribution in [1.82, 2.24) is 10.3 Å². The van der Waals surface area contributed by atoms with E-state index >= 15 is 0 Å². The van der Waals surface area contributed by atoms with Crippen molar-refractivity contribution in [2.45, 2.75) is 45.4 Å². The van der Waals surface area contributed by atoms with Gasteiger partial charge in [0.15, 0.2) is 0 Å². The number of nitrogens with zero attached hydrogens (tertiary/aromatic N) is 1. The third kappa shape index (κ3) is 9.09. The second-order valence-corrected chi connectivity index (χ2v) is 9.60. The van der Waals surface area contributed by atoms with Crippen LogP contribution in [0.2, 0.25) is 0 Å². The largest absolute Gasteiger partial charge is 0.444 e. The van der Waals surface area contributed by atoms with Gasteiger partial charge in [0.25, 0.3) is 0 Å². The van der Waals surface area contributed by atoms with Crippen molar-refractivity contribution in [3.05, 3.63) is 76.7 Å². The topological polar surface area (TPSA) is 119 Å². The molecule has 0 saturated heterocycles. The van der Waals surface area contributed by atoms with E-state index in [1.165, 1.54) is 11.3 Å². The van der Waals surface area contributed by atoms with Gasteiger partial charge < -0.3 is 20.1 Å². The van der Waals surface area contributed by atoms with Gasteiger partial charge in [-0.1, -0.05) is 36.4 Å². The maximum absolute atomic E-state index is 13.1. The minimum atomic E-state index is -0.881. The van der Waals surface area contributed by atoms with Gasteiger partial charge in [0, 0.05) is 24.0 Å². The molecule has 1 heterocycles. The first-order valence-electron chi connectivity index (χ1n) is 10.9. The highest BCUT2D eigenvalue weighted by Crippen LogP contribution is 2.17. The van der Waals surface area contributed by atoms with E-state index in [4.69, 9.17) is 9.47 Å². The third-order valence-corrected chi connectivity index (χ3v) is 5.25. The summed E-state index contributed by atoms with van der Waals surface area (Å²) in [6.45, 7) is 5.36. The molecule has 0 bridgehead atoms. The van der Waals surface area contributed by atoms with E-state index in [0.29, 0.717) is 11.4 Å². The van der Waals surface area contributed by atoms with Crippen molar-refractivity contribution < 1.29 is 23.9 Å². The van der Waals surface area contributed by atoms with E-state index in [1.54, 1.807) is 56.7 Å². The van der Waals surface area contributed by atoms with Crippen LogP contribution >= 0.6 is 11.3 Å². The number of hydrogen-bond acceptors (Lipinski definition) is 7. The standard InChI is InChI=1S/C25H28N4O5S/c1-25(2,3)34-24(32)29-21(12-17-8-5-4-6-9-17)22(30)27-18-10-7-11-19(13-18)28-23(31)33-15-20-14-26-16-35-20/h4-11,13-14,16,21H,12,15H2,1-3H3,(H,27,30)(H,28,31)(H,29,32)/t21-/m0/s1. The number of anilines is 2. The van der Waals surface area contributed by atoms with Crippen molar-refractivity contribution in [2.24, 2.45) is 0 Å². The number of aromatic nitrogens is 1. The van der Waals surface area contributed by atoms with Gasteiger partial charge in [-0.05, 0) is 44.5 Å². The summed E-state index contributed by atoms with van der Waals surface area (Å²) in [5.41, 5.74) is 2.72. The summed E-state index contributed by atoms with van der Waals surface area (Å²) in [6, 6.07) is 15.1. The zero-order chi connectivity index (χ0) is 25.3. The van der Waals surface area contributed by atoms with E-state index in [1.807, 2.05) is 30.3 Å². The number of nitrogens with one attached hydrogen (secondary N) is 3. The fourth-order valence-corrected chi connectivity index (χ4v) is 3.52. The SMILES string of the molecule is CC(C)(C)OC(=O)N[C@@H](Cc1ccccc1)C(=O)Nc1cccc(NC(=O)OCc2cncs2)c1. The molecule has 0 radical (unpaired) electrons. The molecule has 184 valence electrons. The van der Waals surface area contributed by atoms with E-state index in [2.05, 4.69) is 20.9 Å². The Hall–Kier alpha value is -3.92. The number of rotatable bonds is 8. The van der Waals surface area contributed by atoms with Gasteiger partial charge in [0.1, 0.15) is 18.2 Å². The molecule has 1 aromatic heterocycles. The minimum Gasteiger partial charge on any atom is -0.444 e. The lowest BCUT2D eigenvalue weighted by molar-refractivity contribution is -0.118. The summed E-state index contributed by atoms with van der Waals surface area (Å²) in [5, 5.41) is 8.07. The summed E-state index contributed by atoms with van der Waals surface area (Å²) < 4.78 is 10.5. The van der Waals surface area contributed by atoms with Crippen molar-refractivity contribution in [1.29, 1.82) is 0 Å². The number of thiazole rings is 1. The first kappa shape index (κ1) is 25.7. The quantitative estimate of drug-likeness (QED) is 0.405. The maximum atomic E-state index is 13.1. The predicted octanol–water partition coefficient (Wildman–Crippen LogP) is 4.97. The lowest BCUT2D eigenvalue weighted by Gasteiger charge is -2.23. The molecule has 0 spiro atoms. The fourth-order valence-electron chi connectivity index (χ4n) is 3.02. The van der Waals surface area contributed by atoms with Gasteiger partial charge in [-0.2, -0.15) is 0 Å². The second-order valence-electron chi connectivity index (χ2n) is 8.63. The van der Waals surface area contributed by atoms with E-state index in [9.17, 15) is 14.4 Å². The Morgan fingerprint density at radius 1 is 0.971 bits per heavy atom. The smallest absolute Gasteiger partial charge is 0.411 e. The average molecular weight is 497 g/mol. The number of benzene rings is 2. The molecule has 0 saturated carbocycles. The van der Waals surface area contributed by atoms with Gasteiger partial charge in [0.05, 0.1) is 10.4 Å². The van der Waals surface area contributed by atoms with Crippen LogP contribution in [0.15, 0.2) is 66.3 Å². The summed E-state index contributed by atoms with van der Waals surface area (Å²) in [7, 11) is 0. The van der Waals surface area contributed by atoms with Gasteiger partial charge in [-0.3, -0.25) is 15.1 Å². The van der Waals surface area contributed by atoms with E-state index in [-0.39, 0.29) is 13.0 Å². The van der Waals surface area contributed by atoms with E-state index < -0.39 is 29.7 Å². The lowest BCUT2D eigenvalue weighted by atomic mass is 10.1. The summed E-state index contributed by atoms with van der Waals surface area (Å²) in [5.74, 6) is -0.426. The van der Waals surface area contributed by atoms with Gasteiger partial charge in [-0.25, -0.2) is 9.59 Å². The van der Waals surface area contributed by atoms with Crippen LogP contribution in [-0.4, -0.2) is 34.7 Å². The number of amides is 3. The molecule has 3 amide bonds. The summed E-state index contributed by atoms with van der Waals surface area (Å²) in [4.78, 5) is 42.3. The molecule has 9 nitrogen and oxygen atoms in total. The molecule has 35 heavy (non-hydrogen) atoms. The molecule has 10 heteroatoms. The van der Waals surface area contributed by atoms with Gasteiger partial charge >= 0.3 is 12.2 Å². The zero-order valence-electron chi connectivity index (χ0n) is 19.7. The lowest BCUT2D eigenvalue weighted by Crippen LogP contribution is -2.47. The Bertz CT molecular complexity index is 1130. The Morgan fingerprint density at radius 3 is 2.34 bits per heavy atom. The molecule has 3 rings (SSSR count). The Labute approximate surface area is 207 Å². The fraction of sp³-hybridized carbons (Fsp3) is 0.280. The molecule has 3 N–H and O–H groups in total. The highest BCUT2D eigenvalue weighted by Gasteiger charge is 2.25. The Morgan fingerprint density at radius 2 is 1.69 bits per heavy atom. The molecule has 0 aliphatic heterocycles. The first-order valence-corrected chi connectivity index (χ1v) is 11.8. The summed E-state index contributed by atoms with van der Waals surface area (Å²) >= 11 is 1.39. The number of alkyl carbamates (subject to hydrolysis) is 1. The van der Waals surface area contributed by atoms with Crippen LogP contribution in [-0.2, 0) is 27.3 Å². The normalized spacial score (nSPS) is 11.7. The molecule has 1 atom stereocenters. The van der Waals surface area contributed by atoms with Crippen molar-refractivity contribution >= 4 is 40.8 Å². The van der Waals surface area contributed by atoms with Crippen LogP contribution in [0.1, 0.15) is 31.2 Å². The number of hydrogen-bond donors (Lipinski definition) is 3. The maximum Gasteiger partial charge on any atom is 0.411 e. The number of ether oxygens (including phenoxy) is 2. The average Bonchev–Trinajstić information content (AvgIpc) is 3.31. The van der Waals surface area contributed by atoms with Crippen molar-refractivity contribution in [3.63, 3.8) is 0 Å². The third-order valence-electron chi connectivity index (χ3n) is 4.50. The highest BCUT2D eigenvalue weighted by molar-refractivity contribution is 7.09. The first-order chi connectivity index (χ1) is 16.7. The zero-order valence-corrected chi connectivity index (χ0v) is 20.6. The molecular weight excluding hydrogens is 468 g/mol. The van der Waals surface area contributed by atoms with Crippen LogP contribution in [0.25, 0.3) is 0 Å². The second kappa shape index (κ2) is 12.0. The molecule has 3 aromatic rings. The Balaban J connectivity index is 1.64. The van der Waals surface area contributed by atoms with Crippen molar-refractivity contribution in [3.8, 4) is 0 Å². The molecule has 0 aliphatic rings. The molecular formula is C25H28N4O5S. The van der Waals surface area contributed by atoms with E-state index in [0.717, 1.165) is 10.4 Å². The van der Waals surface area contributed by atoms with Gasteiger partial charge in [-0.15, -0.1) is 11.3 Å². The van der Waals surface area contributed by atoms with Crippen molar-refractivity contribution in [2.75, 3.05) is 10.6 Å². The van der Waals surface area contributed by atoms with Crippen LogP contribution in [0.3, 0.4) is 0 Å². The molecule has 2 aromatic carbocycles. The minimum absolute atomic E-state index is 0.116. The molecule has 0 fully saturated rings. The van der Waals surface area contributed by atoms with Crippen LogP contribution < -0.4 is 16.0 Å². The molecule has 0 unspecified atom stereocenters. The Kier molecular flexibility index (Phi) is 8.80. The van der Waals surface area contributed by atoms with Crippen LogP contribution in [0.4, 0.5) is 21.0 Å².